The lowest BCUT2D eigenvalue weighted by Crippen LogP contribution is -2.38. The summed E-state index contributed by atoms with van der Waals surface area (Å²) < 4.78 is 7.00. The zero-order valence-electron chi connectivity index (χ0n) is 23.6. The molecule has 6 nitrogen and oxygen atoms in total. The first-order valence-corrected chi connectivity index (χ1v) is 14.1. The first-order valence-electron chi connectivity index (χ1n) is 14.1. The van der Waals surface area contributed by atoms with E-state index in [0.29, 0.717) is 46.7 Å². The van der Waals surface area contributed by atoms with E-state index >= 15 is 0 Å². The molecule has 1 heterocycles. The van der Waals surface area contributed by atoms with Crippen molar-refractivity contribution in [3.63, 3.8) is 0 Å². The van der Waals surface area contributed by atoms with Crippen LogP contribution >= 0.6 is 0 Å². The summed E-state index contributed by atoms with van der Waals surface area (Å²) >= 11 is 0. The number of fused-ring (bicyclic) bond motifs is 2. The first kappa shape index (κ1) is 27.0. The van der Waals surface area contributed by atoms with Gasteiger partial charge in [0.05, 0.1) is 29.7 Å². The number of amides is 1. The zero-order valence-corrected chi connectivity index (χ0v) is 23.6. The third kappa shape index (κ3) is 5.15. The van der Waals surface area contributed by atoms with E-state index in [1.807, 2.05) is 127 Å². The van der Waals surface area contributed by atoms with Crippen molar-refractivity contribution in [2.45, 2.75) is 25.9 Å². The van der Waals surface area contributed by atoms with Crippen molar-refractivity contribution in [1.82, 2.24) is 14.5 Å². The number of carbonyl (C=O) groups is 1. The Balaban J connectivity index is 1.55. The summed E-state index contributed by atoms with van der Waals surface area (Å²) in [7, 11) is 1.61. The van der Waals surface area contributed by atoms with E-state index in [2.05, 4.69) is 0 Å². The van der Waals surface area contributed by atoms with Crippen molar-refractivity contribution < 1.29 is 9.53 Å². The summed E-state index contributed by atoms with van der Waals surface area (Å²) in [5.74, 6) is 1.07. The molecule has 0 bridgehead atoms. The molecule has 0 aliphatic heterocycles. The van der Waals surface area contributed by atoms with Gasteiger partial charge in [-0.25, -0.2) is 4.98 Å². The van der Waals surface area contributed by atoms with Crippen LogP contribution in [0.15, 0.2) is 126 Å². The maximum Gasteiger partial charge on any atom is 0.266 e. The van der Waals surface area contributed by atoms with Crippen molar-refractivity contribution in [3.05, 3.63) is 149 Å². The van der Waals surface area contributed by atoms with Crippen LogP contribution in [0, 0.1) is 0 Å². The van der Waals surface area contributed by atoms with E-state index in [0.717, 1.165) is 16.3 Å². The van der Waals surface area contributed by atoms with Gasteiger partial charge in [0, 0.05) is 12.1 Å². The smallest absolute Gasteiger partial charge is 0.266 e. The van der Waals surface area contributed by atoms with E-state index in [4.69, 9.17) is 9.72 Å². The molecule has 0 fully saturated rings. The number of aromatic nitrogens is 2. The topological polar surface area (TPSA) is 64.4 Å². The highest BCUT2D eigenvalue weighted by Gasteiger charge is 2.30. The lowest BCUT2D eigenvalue weighted by molar-refractivity contribution is 0.0641. The minimum Gasteiger partial charge on any atom is -0.497 e. The fourth-order valence-corrected chi connectivity index (χ4v) is 5.49. The largest absolute Gasteiger partial charge is 0.497 e. The van der Waals surface area contributed by atoms with Crippen LogP contribution in [0.4, 0.5) is 0 Å². The number of rotatable bonds is 8. The molecule has 6 rings (SSSR count). The fourth-order valence-electron chi connectivity index (χ4n) is 5.49. The molecular weight excluding hydrogens is 522 g/mol. The standard InChI is InChI=1S/C36H31N3O3/c1-3-33(34-37-32-16-10-9-15-31(32)36(41)39(34)29-19-21-30(42-2)22-20-29)38(24-25-11-5-4-6-12-25)35(40)28-18-17-26-13-7-8-14-27(26)23-28/h4-23,33H,3,24H2,1-2H3. The molecule has 42 heavy (non-hydrogen) atoms. The van der Waals surface area contributed by atoms with Crippen molar-refractivity contribution in [2.24, 2.45) is 0 Å². The van der Waals surface area contributed by atoms with E-state index in [1.54, 1.807) is 17.7 Å². The lowest BCUT2D eigenvalue weighted by atomic mass is 10.0. The number of para-hydroxylation sites is 1. The van der Waals surface area contributed by atoms with Gasteiger partial charge in [-0.1, -0.05) is 79.7 Å². The molecule has 1 unspecified atom stereocenters. The van der Waals surface area contributed by atoms with Crippen LogP contribution in [-0.2, 0) is 6.54 Å². The van der Waals surface area contributed by atoms with Crippen molar-refractivity contribution in [1.29, 1.82) is 0 Å². The van der Waals surface area contributed by atoms with E-state index in [1.165, 1.54) is 0 Å². The number of hydrogen-bond acceptors (Lipinski definition) is 4. The Morgan fingerprint density at radius 2 is 1.52 bits per heavy atom. The molecule has 1 aromatic heterocycles. The number of methoxy groups -OCH3 is 1. The Labute approximate surface area is 244 Å². The van der Waals surface area contributed by atoms with Gasteiger partial charge in [0.1, 0.15) is 11.6 Å². The highest BCUT2D eigenvalue weighted by Crippen LogP contribution is 2.30. The molecule has 0 spiro atoms. The molecule has 0 aliphatic carbocycles. The average molecular weight is 554 g/mol. The molecule has 0 radical (unpaired) electrons. The van der Waals surface area contributed by atoms with Gasteiger partial charge in [-0.3, -0.25) is 14.2 Å². The number of nitrogens with zero attached hydrogens (tertiary/aromatic N) is 3. The molecule has 0 saturated heterocycles. The number of ether oxygens (including phenoxy) is 1. The molecule has 1 atom stereocenters. The van der Waals surface area contributed by atoms with Crippen LogP contribution in [0.25, 0.3) is 27.4 Å². The van der Waals surface area contributed by atoms with Crippen molar-refractivity contribution in [3.8, 4) is 11.4 Å². The van der Waals surface area contributed by atoms with E-state index in [9.17, 15) is 9.59 Å². The minimum absolute atomic E-state index is 0.125. The van der Waals surface area contributed by atoms with Gasteiger partial charge in [-0.05, 0) is 71.3 Å². The summed E-state index contributed by atoms with van der Waals surface area (Å²) in [6.45, 7) is 2.38. The second-order valence-electron chi connectivity index (χ2n) is 10.2. The number of benzene rings is 5. The van der Waals surface area contributed by atoms with Crippen LogP contribution in [0.5, 0.6) is 5.75 Å². The number of carbonyl (C=O) groups excluding carboxylic acids is 1. The van der Waals surface area contributed by atoms with Gasteiger partial charge in [-0.15, -0.1) is 0 Å². The molecule has 0 aliphatic rings. The molecule has 6 aromatic rings. The van der Waals surface area contributed by atoms with Crippen LogP contribution in [0.1, 0.15) is 41.1 Å². The zero-order chi connectivity index (χ0) is 29.1. The van der Waals surface area contributed by atoms with Gasteiger partial charge in [-0.2, -0.15) is 0 Å². The molecule has 0 N–H and O–H groups in total. The predicted octanol–water partition coefficient (Wildman–Crippen LogP) is 7.34. The van der Waals surface area contributed by atoms with Gasteiger partial charge in [0.2, 0.25) is 0 Å². The number of hydrogen-bond donors (Lipinski definition) is 0. The average Bonchev–Trinajstić information content (AvgIpc) is 3.05. The van der Waals surface area contributed by atoms with Crippen LogP contribution in [0.2, 0.25) is 0 Å². The van der Waals surface area contributed by atoms with Gasteiger partial charge in [0.15, 0.2) is 0 Å². The lowest BCUT2D eigenvalue weighted by Gasteiger charge is -2.33. The minimum atomic E-state index is -0.497. The molecule has 5 aromatic carbocycles. The maximum absolute atomic E-state index is 14.4. The summed E-state index contributed by atoms with van der Waals surface area (Å²) in [6, 6.07) is 37.9. The van der Waals surface area contributed by atoms with Crippen molar-refractivity contribution >= 4 is 27.6 Å². The molecule has 6 heteroatoms. The van der Waals surface area contributed by atoms with E-state index in [-0.39, 0.29) is 11.5 Å². The van der Waals surface area contributed by atoms with Crippen molar-refractivity contribution in [2.75, 3.05) is 7.11 Å². The SMILES string of the molecule is CCC(c1nc2ccccc2c(=O)n1-c1ccc(OC)cc1)N(Cc1ccccc1)C(=O)c1ccc2ccccc2c1. The van der Waals surface area contributed by atoms with E-state index < -0.39 is 6.04 Å². The quantitative estimate of drug-likeness (QED) is 0.198. The highest BCUT2D eigenvalue weighted by molar-refractivity contribution is 5.98. The maximum atomic E-state index is 14.4. The Bertz CT molecular complexity index is 1930. The summed E-state index contributed by atoms with van der Waals surface area (Å²) in [5.41, 5.74) is 2.65. The highest BCUT2D eigenvalue weighted by atomic mass is 16.5. The second-order valence-corrected chi connectivity index (χ2v) is 10.2. The Morgan fingerprint density at radius 3 is 2.26 bits per heavy atom. The predicted molar refractivity (Wildman–Crippen MR) is 167 cm³/mol. The van der Waals surface area contributed by atoms with Crippen LogP contribution in [-0.4, -0.2) is 27.5 Å². The Kier molecular flexibility index (Phi) is 7.52. The first-order chi connectivity index (χ1) is 20.6. The Hall–Kier alpha value is -5.23. The monoisotopic (exact) mass is 553 g/mol. The fraction of sp³-hybridized carbons (Fsp3) is 0.139. The Morgan fingerprint density at radius 1 is 0.833 bits per heavy atom. The summed E-state index contributed by atoms with van der Waals surface area (Å²) in [5, 5.41) is 2.58. The normalized spacial score (nSPS) is 11.9. The summed E-state index contributed by atoms with van der Waals surface area (Å²) in [6.07, 6.45) is 0.549. The third-order valence-corrected chi connectivity index (χ3v) is 7.65. The van der Waals surface area contributed by atoms with Gasteiger partial charge < -0.3 is 9.64 Å². The molecule has 1 amide bonds. The molecule has 208 valence electrons. The third-order valence-electron chi connectivity index (χ3n) is 7.65. The second kappa shape index (κ2) is 11.7. The summed E-state index contributed by atoms with van der Waals surface area (Å²) in [4.78, 5) is 35.4. The molecule has 0 saturated carbocycles. The van der Waals surface area contributed by atoms with Crippen LogP contribution in [0.3, 0.4) is 0 Å². The molecular formula is C36H31N3O3. The van der Waals surface area contributed by atoms with Gasteiger partial charge >= 0.3 is 0 Å². The van der Waals surface area contributed by atoms with Gasteiger partial charge in [0.25, 0.3) is 11.5 Å². The van der Waals surface area contributed by atoms with Crippen LogP contribution < -0.4 is 10.3 Å².